The van der Waals surface area contributed by atoms with Gasteiger partial charge in [0.05, 0.1) is 18.7 Å². The van der Waals surface area contributed by atoms with E-state index in [2.05, 4.69) is 10.3 Å². The van der Waals surface area contributed by atoms with Gasteiger partial charge in [-0.25, -0.2) is 4.98 Å². The van der Waals surface area contributed by atoms with E-state index in [1.165, 1.54) is 24.2 Å². The summed E-state index contributed by atoms with van der Waals surface area (Å²) in [6.45, 7) is 2.60. The molecule has 110 valence electrons. The van der Waals surface area contributed by atoms with Crippen molar-refractivity contribution >= 4 is 22.4 Å². The van der Waals surface area contributed by atoms with Crippen molar-refractivity contribution in [3.05, 3.63) is 40.9 Å². The van der Waals surface area contributed by atoms with E-state index in [0.29, 0.717) is 24.1 Å². The molecule has 0 saturated heterocycles. The first-order valence-electron chi connectivity index (χ1n) is 7.21. The molecule has 0 atom stereocenters. The van der Waals surface area contributed by atoms with Gasteiger partial charge in [-0.2, -0.15) is 0 Å². The van der Waals surface area contributed by atoms with E-state index >= 15 is 0 Å². The van der Waals surface area contributed by atoms with Crippen LogP contribution in [-0.2, 0) is 11.2 Å². The summed E-state index contributed by atoms with van der Waals surface area (Å²) < 4.78 is 5.38. The molecule has 4 nitrogen and oxygen atoms in total. The van der Waals surface area contributed by atoms with Crippen molar-refractivity contribution in [3.63, 3.8) is 0 Å². The molecule has 1 aromatic heterocycles. The molecule has 0 bridgehead atoms. The maximum absolute atomic E-state index is 12.0. The number of ether oxygens (including phenoxy) is 1. The molecule has 3 rings (SSSR count). The fourth-order valence-corrected chi connectivity index (χ4v) is 2.94. The molecule has 0 unspecified atom stereocenters. The third kappa shape index (κ3) is 3.82. The fraction of sp³-hybridized carbons (Fsp3) is 0.375. The molecule has 0 radical (unpaired) electrons. The van der Waals surface area contributed by atoms with Gasteiger partial charge in [0.1, 0.15) is 5.75 Å². The van der Waals surface area contributed by atoms with E-state index in [1.807, 2.05) is 36.6 Å². The molecular formula is C16H18N2O2S. The Morgan fingerprint density at radius 1 is 1.38 bits per heavy atom. The molecule has 1 heterocycles. The Kier molecular flexibility index (Phi) is 4.20. The van der Waals surface area contributed by atoms with Crippen molar-refractivity contribution in [1.82, 2.24) is 4.98 Å². The summed E-state index contributed by atoms with van der Waals surface area (Å²) in [6.07, 6.45) is 2.80. The first kappa shape index (κ1) is 14.1. The molecule has 1 aliphatic rings. The van der Waals surface area contributed by atoms with E-state index in [9.17, 15) is 4.79 Å². The van der Waals surface area contributed by atoms with Gasteiger partial charge in [-0.05, 0) is 37.5 Å². The third-order valence-corrected chi connectivity index (χ3v) is 4.14. The van der Waals surface area contributed by atoms with Crippen LogP contribution in [0.25, 0.3) is 0 Å². The number of nitrogens with zero attached hydrogens (tertiary/aromatic N) is 1. The lowest BCUT2D eigenvalue weighted by Crippen LogP contribution is -2.14. The Balaban J connectivity index is 1.55. The minimum absolute atomic E-state index is 0.0316. The van der Waals surface area contributed by atoms with E-state index < -0.39 is 0 Å². The maximum atomic E-state index is 12.0. The first-order chi connectivity index (χ1) is 10.2. The number of hydrogen-bond donors (Lipinski definition) is 1. The van der Waals surface area contributed by atoms with Crippen LogP contribution in [0.5, 0.6) is 5.75 Å². The highest BCUT2D eigenvalue weighted by molar-refractivity contribution is 7.13. The molecule has 2 aromatic rings. The molecule has 0 spiro atoms. The summed E-state index contributed by atoms with van der Waals surface area (Å²) in [7, 11) is 0. The second-order valence-corrected chi connectivity index (χ2v) is 6.01. The average molecular weight is 302 g/mol. The number of hydrogen-bond acceptors (Lipinski definition) is 4. The van der Waals surface area contributed by atoms with Gasteiger partial charge in [-0.1, -0.05) is 12.1 Å². The summed E-state index contributed by atoms with van der Waals surface area (Å²) in [6, 6.07) is 7.62. The lowest BCUT2D eigenvalue weighted by molar-refractivity contribution is -0.115. The van der Waals surface area contributed by atoms with Gasteiger partial charge in [-0.3, -0.25) is 4.79 Å². The van der Waals surface area contributed by atoms with E-state index in [4.69, 9.17) is 4.74 Å². The number of aromatic nitrogens is 1. The predicted molar refractivity (Wildman–Crippen MR) is 84.0 cm³/mol. The number of carbonyl (C=O) groups excluding carboxylic acids is 1. The Labute approximate surface area is 128 Å². The van der Waals surface area contributed by atoms with Crippen LogP contribution in [-0.4, -0.2) is 17.5 Å². The Bertz CT molecular complexity index is 617. The molecule has 1 aliphatic carbocycles. The van der Waals surface area contributed by atoms with E-state index in [-0.39, 0.29) is 5.91 Å². The number of anilines is 1. The van der Waals surface area contributed by atoms with Gasteiger partial charge in [-0.15, -0.1) is 11.3 Å². The highest BCUT2D eigenvalue weighted by Crippen LogP contribution is 2.40. The van der Waals surface area contributed by atoms with Crippen molar-refractivity contribution < 1.29 is 9.53 Å². The van der Waals surface area contributed by atoms with Gasteiger partial charge < -0.3 is 10.1 Å². The second kappa shape index (κ2) is 6.26. The largest absolute Gasteiger partial charge is 0.494 e. The molecule has 21 heavy (non-hydrogen) atoms. The van der Waals surface area contributed by atoms with Crippen LogP contribution < -0.4 is 10.1 Å². The lowest BCUT2D eigenvalue weighted by Gasteiger charge is -2.05. The highest BCUT2D eigenvalue weighted by atomic mass is 32.1. The second-order valence-electron chi connectivity index (χ2n) is 5.15. The monoisotopic (exact) mass is 302 g/mol. The third-order valence-electron chi connectivity index (χ3n) is 3.36. The standard InChI is InChI=1S/C16H18N2O2S/c1-2-20-13-7-3-11(4-8-13)9-15(19)18-16-17-14(10-21-16)12-5-6-12/h3-4,7-8,10,12H,2,5-6,9H2,1H3,(H,17,18,19). The van der Waals surface area contributed by atoms with Crippen molar-refractivity contribution in [2.24, 2.45) is 0 Å². The number of amides is 1. The topological polar surface area (TPSA) is 51.2 Å². The quantitative estimate of drug-likeness (QED) is 0.887. The van der Waals surface area contributed by atoms with E-state index in [1.54, 1.807) is 0 Å². The van der Waals surface area contributed by atoms with Gasteiger partial charge in [0.2, 0.25) is 5.91 Å². The Hall–Kier alpha value is -1.88. The van der Waals surface area contributed by atoms with Crippen LogP contribution in [0.15, 0.2) is 29.6 Å². The van der Waals surface area contributed by atoms with Crippen LogP contribution in [0.2, 0.25) is 0 Å². The number of carbonyl (C=O) groups is 1. The number of rotatable bonds is 6. The van der Waals surface area contributed by atoms with Crippen molar-refractivity contribution in [1.29, 1.82) is 0 Å². The fourth-order valence-electron chi connectivity index (χ4n) is 2.13. The summed E-state index contributed by atoms with van der Waals surface area (Å²) in [5.41, 5.74) is 2.09. The molecule has 1 saturated carbocycles. The molecule has 1 fully saturated rings. The number of thiazole rings is 1. The molecule has 1 N–H and O–H groups in total. The summed E-state index contributed by atoms with van der Waals surface area (Å²) in [5, 5.41) is 5.62. The zero-order chi connectivity index (χ0) is 14.7. The maximum Gasteiger partial charge on any atom is 0.230 e. The summed E-state index contributed by atoms with van der Waals surface area (Å²) in [4.78, 5) is 16.5. The summed E-state index contributed by atoms with van der Waals surface area (Å²) in [5.74, 6) is 1.42. The molecule has 1 amide bonds. The first-order valence-corrected chi connectivity index (χ1v) is 8.09. The van der Waals surface area contributed by atoms with Crippen LogP contribution >= 0.6 is 11.3 Å². The van der Waals surface area contributed by atoms with Crippen LogP contribution in [0.1, 0.15) is 36.9 Å². The minimum Gasteiger partial charge on any atom is -0.494 e. The Morgan fingerprint density at radius 2 is 2.14 bits per heavy atom. The lowest BCUT2D eigenvalue weighted by atomic mass is 10.1. The molecular weight excluding hydrogens is 284 g/mol. The highest BCUT2D eigenvalue weighted by Gasteiger charge is 2.26. The zero-order valence-corrected chi connectivity index (χ0v) is 12.8. The van der Waals surface area contributed by atoms with Gasteiger partial charge >= 0.3 is 0 Å². The van der Waals surface area contributed by atoms with Crippen molar-refractivity contribution in [3.8, 4) is 5.75 Å². The number of nitrogens with one attached hydrogen (secondary N) is 1. The van der Waals surface area contributed by atoms with E-state index in [0.717, 1.165) is 17.0 Å². The van der Waals surface area contributed by atoms with Gasteiger partial charge in [0.25, 0.3) is 0 Å². The smallest absolute Gasteiger partial charge is 0.230 e. The van der Waals surface area contributed by atoms with Gasteiger partial charge in [0.15, 0.2) is 5.13 Å². The van der Waals surface area contributed by atoms with Crippen molar-refractivity contribution in [2.45, 2.75) is 32.1 Å². The predicted octanol–water partition coefficient (Wildman–Crippen LogP) is 3.60. The Morgan fingerprint density at radius 3 is 2.81 bits per heavy atom. The van der Waals surface area contributed by atoms with Crippen molar-refractivity contribution in [2.75, 3.05) is 11.9 Å². The SMILES string of the molecule is CCOc1ccc(CC(=O)Nc2nc(C3CC3)cs2)cc1. The normalized spacial score (nSPS) is 14.0. The number of benzene rings is 1. The average Bonchev–Trinajstić information content (AvgIpc) is 3.22. The zero-order valence-electron chi connectivity index (χ0n) is 12.0. The van der Waals surface area contributed by atoms with Gasteiger partial charge in [0, 0.05) is 11.3 Å². The summed E-state index contributed by atoms with van der Waals surface area (Å²) >= 11 is 1.50. The van der Waals surface area contributed by atoms with Crippen LogP contribution in [0, 0.1) is 0 Å². The molecule has 1 aromatic carbocycles. The van der Waals surface area contributed by atoms with Crippen LogP contribution in [0.3, 0.4) is 0 Å². The van der Waals surface area contributed by atoms with Crippen LogP contribution in [0.4, 0.5) is 5.13 Å². The molecule has 5 heteroatoms. The minimum atomic E-state index is -0.0316. The molecule has 0 aliphatic heterocycles.